The summed E-state index contributed by atoms with van der Waals surface area (Å²) in [6.07, 6.45) is 0.708. The summed E-state index contributed by atoms with van der Waals surface area (Å²) < 4.78 is 11.4. The van der Waals surface area contributed by atoms with Gasteiger partial charge in [-0.2, -0.15) is 0 Å². The van der Waals surface area contributed by atoms with Crippen molar-refractivity contribution in [2.24, 2.45) is 0 Å². The van der Waals surface area contributed by atoms with E-state index < -0.39 is 0 Å². The van der Waals surface area contributed by atoms with E-state index in [0.717, 1.165) is 4.47 Å². The Bertz CT molecular complexity index is 472. The van der Waals surface area contributed by atoms with E-state index in [0.29, 0.717) is 43.9 Å². The molecule has 1 aromatic rings. The molecule has 1 aliphatic rings. The minimum Gasteiger partial charge on any atom is -0.483 e. The third-order valence-electron chi connectivity index (χ3n) is 2.81. The second-order valence-electron chi connectivity index (χ2n) is 4.08. The third kappa shape index (κ3) is 3.78. The van der Waals surface area contributed by atoms with E-state index in [1.165, 1.54) is 0 Å². The number of carbonyl (C=O) groups excluding carboxylic acids is 2. The van der Waals surface area contributed by atoms with Crippen LogP contribution in [0, 0.1) is 0 Å². The molecule has 6 heteroatoms. The van der Waals surface area contributed by atoms with Gasteiger partial charge in [-0.15, -0.1) is 0 Å². The molecule has 19 heavy (non-hydrogen) atoms. The topological polar surface area (TPSA) is 55.8 Å². The molecule has 0 radical (unpaired) electrons. The lowest BCUT2D eigenvalue weighted by Crippen LogP contribution is -2.43. The second kappa shape index (κ2) is 6.68. The number of benzene rings is 1. The fourth-order valence-electron chi connectivity index (χ4n) is 1.79. The van der Waals surface area contributed by atoms with Crippen molar-refractivity contribution >= 4 is 28.1 Å². The van der Waals surface area contributed by atoms with Crippen LogP contribution in [0.1, 0.15) is 10.4 Å². The van der Waals surface area contributed by atoms with E-state index in [4.69, 9.17) is 9.47 Å². The molecule has 1 amide bonds. The monoisotopic (exact) mass is 327 g/mol. The van der Waals surface area contributed by atoms with Crippen molar-refractivity contribution in [1.82, 2.24) is 4.90 Å². The molecule has 0 bridgehead atoms. The van der Waals surface area contributed by atoms with Gasteiger partial charge in [0.15, 0.2) is 12.9 Å². The number of hydrogen-bond acceptors (Lipinski definition) is 4. The Morgan fingerprint density at radius 3 is 2.84 bits per heavy atom. The first kappa shape index (κ1) is 14.0. The van der Waals surface area contributed by atoms with Crippen LogP contribution in [0.15, 0.2) is 22.7 Å². The van der Waals surface area contributed by atoms with Gasteiger partial charge in [0.1, 0.15) is 5.75 Å². The fourth-order valence-corrected chi connectivity index (χ4v) is 2.17. The molecule has 1 aliphatic heterocycles. The highest BCUT2D eigenvalue weighted by Gasteiger charge is 2.17. The smallest absolute Gasteiger partial charge is 0.260 e. The van der Waals surface area contributed by atoms with Gasteiger partial charge < -0.3 is 14.4 Å². The van der Waals surface area contributed by atoms with Crippen LogP contribution in [0.5, 0.6) is 5.75 Å². The number of rotatable bonds is 4. The molecule has 1 fully saturated rings. The van der Waals surface area contributed by atoms with Crippen LogP contribution in [0.25, 0.3) is 0 Å². The lowest BCUT2D eigenvalue weighted by molar-refractivity contribution is -0.137. The summed E-state index contributed by atoms with van der Waals surface area (Å²) in [7, 11) is 0. The van der Waals surface area contributed by atoms with Crippen LogP contribution in [0.3, 0.4) is 0 Å². The van der Waals surface area contributed by atoms with E-state index >= 15 is 0 Å². The van der Waals surface area contributed by atoms with E-state index in [-0.39, 0.29) is 12.5 Å². The first-order chi connectivity index (χ1) is 9.20. The quantitative estimate of drug-likeness (QED) is 0.786. The van der Waals surface area contributed by atoms with E-state index in [2.05, 4.69) is 15.9 Å². The highest BCUT2D eigenvalue weighted by Crippen LogP contribution is 2.21. The molecule has 102 valence electrons. The molecular weight excluding hydrogens is 314 g/mol. The Balaban J connectivity index is 1.94. The minimum atomic E-state index is -0.0944. The SMILES string of the molecule is O=Cc1cc(Br)ccc1OCC(=O)N1CCOCC1. The number of aldehydes is 1. The summed E-state index contributed by atoms with van der Waals surface area (Å²) in [4.78, 5) is 24.5. The molecular formula is C13H14BrNO4. The largest absolute Gasteiger partial charge is 0.483 e. The molecule has 0 spiro atoms. The summed E-state index contributed by atoms with van der Waals surface area (Å²) in [5.41, 5.74) is 0.421. The normalized spacial score (nSPS) is 15.1. The molecule has 0 N–H and O–H groups in total. The zero-order chi connectivity index (χ0) is 13.7. The van der Waals surface area contributed by atoms with Crippen molar-refractivity contribution in [1.29, 1.82) is 0 Å². The number of hydrogen-bond donors (Lipinski definition) is 0. The average molecular weight is 328 g/mol. The van der Waals surface area contributed by atoms with Gasteiger partial charge in [-0.1, -0.05) is 15.9 Å². The van der Waals surface area contributed by atoms with Gasteiger partial charge in [0.05, 0.1) is 18.8 Å². The Hall–Kier alpha value is -1.40. The summed E-state index contributed by atoms with van der Waals surface area (Å²) in [5, 5.41) is 0. The van der Waals surface area contributed by atoms with E-state index in [9.17, 15) is 9.59 Å². The number of amides is 1. The molecule has 1 aromatic carbocycles. The van der Waals surface area contributed by atoms with Crippen LogP contribution in [-0.4, -0.2) is 50.0 Å². The van der Waals surface area contributed by atoms with Crippen LogP contribution in [-0.2, 0) is 9.53 Å². The summed E-state index contributed by atoms with van der Waals surface area (Å²) in [6, 6.07) is 5.09. The fraction of sp³-hybridized carbons (Fsp3) is 0.385. The zero-order valence-electron chi connectivity index (χ0n) is 10.3. The maximum absolute atomic E-state index is 11.9. The van der Waals surface area contributed by atoms with E-state index in [1.807, 2.05) is 0 Å². The zero-order valence-corrected chi connectivity index (χ0v) is 11.9. The van der Waals surface area contributed by atoms with Gasteiger partial charge in [-0.3, -0.25) is 9.59 Å². The summed E-state index contributed by atoms with van der Waals surface area (Å²) >= 11 is 3.28. The average Bonchev–Trinajstić information content (AvgIpc) is 2.46. The van der Waals surface area contributed by atoms with Crippen molar-refractivity contribution in [2.75, 3.05) is 32.9 Å². The first-order valence-electron chi connectivity index (χ1n) is 5.94. The van der Waals surface area contributed by atoms with Gasteiger partial charge in [-0.25, -0.2) is 0 Å². The molecule has 0 saturated carbocycles. The standard InChI is InChI=1S/C13H14BrNO4/c14-11-1-2-12(10(7-11)8-16)19-9-13(17)15-3-5-18-6-4-15/h1-2,7-8H,3-6,9H2. The minimum absolute atomic E-state index is 0.0670. The summed E-state index contributed by atoms with van der Waals surface area (Å²) in [5.74, 6) is 0.322. The molecule has 0 aromatic heterocycles. The molecule has 2 rings (SSSR count). The van der Waals surface area contributed by atoms with Gasteiger partial charge in [-0.05, 0) is 18.2 Å². The lowest BCUT2D eigenvalue weighted by atomic mass is 10.2. The third-order valence-corrected chi connectivity index (χ3v) is 3.31. The maximum atomic E-state index is 11.9. The van der Waals surface area contributed by atoms with Crippen molar-refractivity contribution in [3.8, 4) is 5.75 Å². The van der Waals surface area contributed by atoms with Gasteiger partial charge in [0.25, 0.3) is 5.91 Å². The van der Waals surface area contributed by atoms with Crippen molar-refractivity contribution in [3.63, 3.8) is 0 Å². The number of carbonyl (C=O) groups is 2. The number of nitrogens with zero attached hydrogens (tertiary/aromatic N) is 1. The molecule has 1 saturated heterocycles. The molecule has 5 nitrogen and oxygen atoms in total. The number of halogens is 1. The van der Waals surface area contributed by atoms with Gasteiger partial charge in [0, 0.05) is 17.6 Å². The number of ether oxygens (including phenoxy) is 2. The predicted molar refractivity (Wildman–Crippen MR) is 72.4 cm³/mol. The van der Waals surface area contributed by atoms with Crippen LogP contribution in [0.2, 0.25) is 0 Å². The maximum Gasteiger partial charge on any atom is 0.260 e. The first-order valence-corrected chi connectivity index (χ1v) is 6.73. The highest BCUT2D eigenvalue weighted by molar-refractivity contribution is 9.10. The number of morpholine rings is 1. The molecule has 0 unspecified atom stereocenters. The van der Waals surface area contributed by atoms with Crippen LogP contribution in [0.4, 0.5) is 0 Å². The second-order valence-corrected chi connectivity index (χ2v) is 5.00. The molecule has 1 heterocycles. The molecule has 0 aliphatic carbocycles. The Morgan fingerprint density at radius 2 is 2.16 bits per heavy atom. The van der Waals surface area contributed by atoms with E-state index in [1.54, 1.807) is 23.1 Å². The van der Waals surface area contributed by atoms with Crippen molar-refractivity contribution in [3.05, 3.63) is 28.2 Å². The Labute approximate surface area is 119 Å². The van der Waals surface area contributed by atoms with Gasteiger partial charge >= 0.3 is 0 Å². The van der Waals surface area contributed by atoms with Gasteiger partial charge in [0.2, 0.25) is 0 Å². The van der Waals surface area contributed by atoms with Crippen molar-refractivity contribution in [2.45, 2.75) is 0 Å². The van der Waals surface area contributed by atoms with Crippen molar-refractivity contribution < 1.29 is 19.1 Å². The highest BCUT2D eigenvalue weighted by atomic mass is 79.9. The molecule has 0 atom stereocenters. The summed E-state index contributed by atoms with van der Waals surface area (Å²) in [6.45, 7) is 2.22. The van der Waals surface area contributed by atoms with Crippen LogP contribution < -0.4 is 4.74 Å². The van der Waals surface area contributed by atoms with Crippen LogP contribution >= 0.6 is 15.9 Å². The lowest BCUT2D eigenvalue weighted by Gasteiger charge is -2.26. The Kier molecular flexibility index (Phi) is 4.93. The predicted octanol–water partition coefficient (Wildman–Crippen LogP) is 1.50. The Morgan fingerprint density at radius 1 is 1.42 bits per heavy atom.